The Labute approximate surface area is 215 Å². The molecule has 0 radical (unpaired) electrons. The molecule has 4 heterocycles. The summed E-state index contributed by atoms with van der Waals surface area (Å²) in [7, 11) is 1.65. The first-order valence-corrected chi connectivity index (χ1v) is 13.2. The van der Waals surface area contributed by atoms with Crippen LogP contribution in [0.2, 0.25) is 0 Å². The Hall–Kier alpha value is -2.59. The summed E-state index contributed by atoms with van der Waals surface area (Å²) in [6, 6.07) is 9.81. The number of rotatable bonds is 9. The molecule has 0 spiro atoms. The van der Waals surface area contributed by atoms with Crippen molar-refractivity contribution < 1.29 is 24.1 Å². The lowest BCUT2D eigenvalue weighted by Gasteiger charge is -2.24. The highest BCUT2D eigenvalue weighted by Crippen LogP contribution is 2.37. The molecule has 1 atom stereocenters. The van der Waals surface area contributed by atoms with E-state index in [-0.39, 0.29) is 11.4 Å². The normalized spacial score (nSPS) is 19.0. The van der Waals surface area contributed by atoms with Gasteiger partial charge in [0.05, 0.1) is 55.1 Å². The second kappa shape index (κ2) is 10.8. The van der Waals surface area contributed by atoms with Crippen LogP contribution in [0.3, 0.4) is 0 Å². The highest BCUT2D eigenvalue weighted by atomic mass is 32.2. The number of hydrogen-bond acceptors (Lipinski definition) is 8. The molecule has 36 heavy (non-hydrogen) atoms. The molecule has 0 bridgehead atoms. The zero-order chi connectivity index (χ0) is 25.1. The number of methoxy groups -OCH3 is 1. The molecule has 0 aliphatic carbocycles. The van der Waals surface area contributed by atoms with Gasteiger partial charge in [-0.25, -0.2) is 0 Å². The summed E-state index contributed by atoms with van der Waals surface area (Å²) in [5, 5.41) is 12.4. The van der Waals surface area contributed by atoms with Crippen LogP contribution < -0.4 is 9.47 Å². The fraction of sp³-hybridized carbons (Fsp3) is 0.481. The largest absolute Gasteiger partial charge is 0.488 e. The van der Waals surface area contributed by atoms with Crippen molar-refractivity contribution in [2.24, 2.45) is 4.99 Å². The van der Waals surface area contributed by atoms with Crippen molar-refractivity contribution in [1.29, 1.82) is 0 Å². The van der Waals surface area contributed by atoms with Crippen LogP contribution in [0, 0.1) is 0 Å². The number of ether oxygens (including phenoxy) is 4. The Kier molecular flexibility index (Phi) is 7.52. The SMILES string of the molecule is COCc1ccc(Oc2cc(OC3CCOCC3)c3[nH]c(C4=NCC(CC(C)(C)O)S4)cc3c2)cn1. The van der Waals surface area contributed by atoms with E-state index in [1.807, 2.05) is 38.1 Å². The molecule has 0 saturated carbocycles. The minimum absolute atomic E-state index is 0.0910. The maximum absolute atomic E-state index is 10.2. The molecule has 2 aliphatic rings. The highest BCUT2D eigenvalue weighted by Gasteiger charge is 2.28. The summed E-state index contributed by atoms with van der Waals surface area (Å²) >= 11 is 1.71. The molecule has 1 unspecified atom stereocenters. The van der Waals surface area contributed by atoms with Gasteiger partial charge >= 0.3 is 0 Å². The van der Waals surface area contributed by atoms with Crippen LogP contribution in [-0.4, -0.2) is 63.9 Å². The molecule has 1 saturated heterocycles. The molecule has 3 aromatic rings. The number of aromatic nitrogens is 2. The van der Waals surface area contributed by atoms with E-state index in [1.165, 1.54) is 0 Å². The van der Waals surface area contributed by atoms with Crippen LogP contribution in [0.4, 0.5) is 0 Å². The summed E-state index contributed by atoms with van der Waals surface area (Å²) in [4.78, 5) is 12.7. The number of benzene rings is 1. The molecule has 2 aromatic heterocycles. The smallest absolute Gasteiger partial charge is 0.147 e. The number of nitrogens with zero attached hydrogens (tertiary/aromatic N) is 2. The zero-order valence-electron chi connectivity index (χ0n) is 21.0. The van der Waals surface area contributed by atoms with Gasteiger partial charge in [-0.05, 0) is 44.5 Å². The van der Waals surface area contributed by atoms with Crippen molar-refractivity contribution in [3.63, 3.8) is 0 Å². The van der Waals surface area contributed by atoms with Gasteiger partial charge in [-0.15, -0.1) is 0 Å². The monoisotopic (exact) mass is 511 g/mol. The van der Waals surface area contributed by atoms with Crippen LogP contribution in [0.1, 0.15) is 44.5 Å². The van der Waals surface area contributed by atoms with E-state index in [0.29, 0.717) is 44.3 Å². The van der Waals surface area contributed by atoms with Gasteiger partial charge in [-0.3, -0.25) is 9.98 Å². The van der Waals surface area contributed by atoms with E-state index in [0.717, 1.165) is 45.9 Å². The van der Waals surface area contributed by atoms with Crippen LogP contribution >= 0.6 is 11.8 Å². The first-order chi connectivity index (χ1) is 17.4. The predicted molar refractivity (Wildman–Crippen MR) is 141 cm³/mol. The first-order valence-electron chi connectivity index (χ1n) is 12.3. The van der Waals surface area contributed by atoms with E-state index in [2.05, 4.69) is 16.0 Å². The van der Waals surface area contributed by atoms with Gasteiger partial charge in [0.1, 0.15) is 28.4 Å². The van der Waals surface area contributed by atoms with E-state index in [1.54, 1.807) is 25.1 Å². The Bertz CT molecular complexity index is 1210. The van der Waals surface area contributed by atoms with Gasteiger partial charge in [0, 0.05) is 36.7 Å². The second-order valence-corrected chi connectivity index (χ2v) is 11.2. The third-order valence-electron chi connectivity index (χ3n) is 6.13. The van der Waals surface area contributed by atoms with Crippen molar-refractivity contribution >= 4 is 27.7 Å². The average molecular weight is 512 g/mol. The molecule has 8 nitrogen and oxygen atoms in total. The quantitative estimate of drug-likeness (QED) is 0.413. The van der Waals surface area contributed by atoms with E-state index < -0.39 is 5.60 Å². The van der Waals surface area contributed by atoms with Crippen LogP contribution in [0.5, 0.6) is 17.2 Å². The van der Waals surface area contributed by atoms with Crippen LogP contribution in [0.15, 0.2) is 41.5 Å². The number of nitrogens with one attached hydrogen (secondary N) is 1. The molecule has 0 amide bonds. The van der Waals surface area contributed by atoms with Crippen LogP contribution in [0.25, 0.3) is 10.9 Å². The number of aliphatic imine (C=N–C) groups is 1. The zero-order valence-corrected chi connectivity index (χ0v) is 21.8. The maximum atomic E-state index is 10.2. The molecular formula is C27H33N3O5S. The number of aromatic amines is 1. The van der Waals surface area contributed by atoms with Gasteiger partial charge in [-0.2, -0.15) is 0 Å². The summed E-state index contributed by atoms with van der Waals surface area (Å²) in [5.74, 6) is 2.07. The van der Waals surface area contributed by atoms with Crippen molar-refractivity contribution in [2.45, 2.75) is 56.7 Å². The van der Waals surface area contributed by atoms with Crippen LogP contribution in [-0.2, 0) is 16.1 Å². The van der Waals surface area contributed by atoms with Gasteiger partial charge in [-0.1, -0.05) is 11.8 Å². The summed E-state index contributed by atoms with van der Waals surface area (Å²) < 4.78 is 23.3. The number of pyridine rings is 1. The van der Waals surface area contributed by atoms with Gasteiger partial charge in [0.2, 0.25) is 0 Å². The number of H-pyrrole nitrogens is 1. The second-order valence-electron chi connectivity index (χ2n) is 9.92. The third kappa shape index (κ3) is 6.21. The van der Waals surface area contributed by atoms with Gasteiger partial charge < -0.3 is 29.0 Å². The van der Waals surface area contributed by atoms with Crippen molar-refractivity contribution in [2.75, 3.05) is 26.9 Å². The first kappa shape index (κ1) is 25.1. The fourth-order valence-corrected chi connectivity index (χ4v) is 5.84. The number of thioether (sulfide) groups is 1. The van der Waals surface area contributed by atoms with E-state index >= 15 is 0 Å². The fourth-order valence-electron chi connectivity index (χ4n) is 4.49. The summed E-state index contributed by atoms with van der Waals surface area (Å²) in [6.45, 7) is 6.25. The Morgan fingerprint density at radius 1 is 1.17 bits per heavy atom. The number of fused-ring (bicyclic) bond motifs is 1. The summed E-state index contributed by atoms with van der Waals surface area (Å²) in [5.41, 5.74) is 2.01. The number of aliphatic hydroxyl groups is 1. The van der Waals surface area contributed by atoms with Crippen molar-refractivity contribution in [3.05, 3.63) is 47.9 Å². The summed E-state index contributed by atoms with van der Waals surface area (Å²) in [6.07, 6.45) is 4.19. The molecule has 1 fully saturated rings. The Balaban J connectivity index is 1.42. The Morgan fingerprint density at radius 3 is 2.72 bits per heavy atom. The van der Waals surface area contributed by atoms with E-state index in [9.17, 15) is 5.11 Å². The lowest BCUT2D eigenvalue weighted by atomic mass is 10.0. The minimum Gasteiger partial charge on any atom is -0.488 e. The molecule has 9 heteroatoms. The molecular weight excluding hydrogens is 478 g/mol. The lowest BCUT2D eigenvalue weighted by Crippen LogP contribution is -2.25. The Morgan fingerprint density at radius 2 is 2.00 bits per heavy atom. The van der Waals surface area contributed by atoms with Crippen molar-refractivity contribution in [1.82, 2.24) is 9.97 Å². The molecule has 5 rings (SSSR count). The highest BCUT2D eigenvalue weighted by molar-refractivity contribution is 8.15. The standard InChI is InChI=1S/C27H33N3O5S/c1-27(2,31)13-22-15-29-26(36-22)23-11-17-10-21(34-20-5-4-18(16-32-3)28-14-20)12-24(25(17)30-23)35-19-6-8-33-9-7-19/h4-5,10-12,14,19,22,30-31H,6-9,13,15-16H2,1-3H3. The van der Waals surface area contributed by atoms with Gasteiger partial charge in [0.15, 0.2) is 0 Å². The molecule has 1 aromatic carbocycles. The maximum Gasteiger partial charge on any atom is 0.147 e. The topological polar surface area (TPSA) is 98.2 Å². The van der Waals surface area contributed by atoms with E-state index in [4.69, 9.17) is 23.9 Å². The minimum atomic E-state index is -0.712. The third-order valence-corrected chi connectivity index (χ3v) is 7.35. The predicted octanol–water partition coefficient (Wildman–Crippen LogP) is 5.08. The molecule has 2 N–H and O–H groups in total. The molecule has 2 aliphatic heterocycles. The van der Waals surface area contributed by atoms with Crippen molar-refractivity contribution in [3.8, 4) is 17.2 Å². The number of hydrogen-bond donors (Lipinski definition) is 2. The molecule has 192 valence electrons. The average Bonchev–Trinajstić information content (AvgIpc) is 3.47. The lowest BCUT2D eigenvalue weighted by molar-refractivity contribution is 0.0260. The van der Waals surface area contributed by atoms with Gasteiger partial charge in [0.25, 0.3) is 0 Å².